The number of rotatable bonds is 2. The summed E-state index contributed by atoms with van der Waals surface area (Å²) in [6.45, 7) is 0. The number of carbonyl (C=O) groups excluding carboxylic acids is 1. The Morgan fingerprint density at radius 1 is 0.810 bits per heavy atom. The van der Waals surface area contributed by atoms with Gasteiger partial charge in [0.2, 0.25) is 5.91 Å². The maximum absolute atomic E-state index is 12.6. The van der Waals surface area contributed by atoms with Crippen molar-refractivity contribution in [2.24, 2.45) is 17.8 Å². The fraction of sp³-hybridized carbons (Fsp3) is 0.944. The van der Waals surface area contributed by atoms with Crippen LogP contribution in [0.5, 0.6) is 0 Å². The van der Waals surface area contributed by atoms with E-state index in [2.05, 4.69) is 5.32 Å². The van der Waals surface area contributed by atoms with E-state index in [1.165, 1.54) is 38.5 Å². The van der Waals surface area contributed by atoms with Crippen LogP contribution in [-0.4, -0.2) is 23.2 Å². The smallest absolute Gasteiger partial charge is 0.223 e. The van der Waals surface area contributed by atoms with Gasteiger partial charge in [-0.3, -0.25) is 4.79 Å². The molecular weight excluding hydrogens is 262 g/mol. The highest BCUT2D eigenvalue weighted by Gasteiger charge is 2.36. The lowest BCUT2D eigenvalue weighted by Gasteiger charge is -2.39. The molecule has 3 saturated carbocycles. The molecule has 3 aliphatic carbocycles. The normalized spacial score (nSPS) is 40.9. The molecule has 3 nitrogen and oxygen atoms in total. The van der Waals surface area contributed by atoms with Crippen LogP contribution in [0.2, 0.25) is 0 Å². The third kappa shape index (κ3) is 3.80. The predicted molar refractivity (Wildman–Crippen MR) is 83.8 cm³/mol. The van der Waals surface area contributed by atoms with Gasteiger partial charge in [-0.25, -0.2) is 0 Å². The number of aliphatic hydroxyl groups is 1. The Labute approximate surface area is 128 Å². The minimum absolute atomic E-state index is 0.00378. The summed E-state index contributed by atoms with van der Waals surface area (Å²) in [6, 6.07) is 0.00378. The molecule has 0 aromatic heterocycles. The van der Waals surface area contributed by atoms with Crippen molar-refractivity contribution >= 4 is 5.91 Å². The molecule has 3 heteroatoms. The van der Waals surface area contributed by atoms with Crippen LogP contribution in [0.1, 0.15) is 77.0 Å². The number of hydrogen-bond acceptors (Lipinski definition) is 2. The number of nitrogens with one attached hydrogen (secondary N) is 1. The van der Waals surface area contributed by atoms with Crippen LogP contribution < -0.4 is 5.32 Å². The summed E-state index contributed by atoms with van der Waals surface area (Å²) >= 11 is 0. The van der Waals surface area contributed by atoms with Gasteiger partial charge in [0.1, 0.15) is 0 Å². The molecule has 3 rings (SSSR count). The molecule has 21 heavy (non-hydrogen) atoms. The van der Waals surface area contributed by atoms with Crippen molar-refractivity contribution in [3.05, 3.63) is 0 Å². The third-order valence-electron chi connectivity index (χ3n) is 6.22. The van der Waals surface area contributed by atoms with E-state index in [1.54, 1.807) is 0 Å². The molecule has 0 heterocycles. The molecule has 3 aliphatic rings. The second-order valence-electron chi connectivity index (χ2n) is 7.64. The molecule has 2 N–H and O–H groups in total. The lowest BCUT2D eigenvalue weighted by molar-refractivity contribution is -0.128. The Balaban J connectivity index is 1.52. The number of amides is 1. The SMILES string of the molecule is O=C(NC1CCCCCC1O)C1CCC2CCCCC2C1. The highest BCUT2D eigenvalue weighted by Crippen LogP contribution is 2.42. The zero-order valence-electron chi connectivity index (χ0n) is 13.2. The first-order valence-electron chi connectivity index (χ1n) is 9.22. The van der Waals surface area contributed by atoms with Crippen LogP contribution in [0.4, 0.5) is 0 Å². The molecule has 120 valence electrons. The second-order valence-corrected chi connectivity index (χ2v) is 7.64. The van der Waals surface area contributed by atoms with Crippen LogP contribution in [0.15, 0.2) is 0 Å². The van der Waals surface area contributed by atoms with Gasteiger partial charge in [0.15, 0.2) is 0 Å². The van der Waals surface area contributed by atoms with Crippen molar-refractivity contribution in [1.29, 1.82) is 0 Å². The molecule has 0 aromatic rings. The third-order valence-corrected chi connectivity index (χ3v) is 6.22. The summed E-state index contributed by atoms with van der Waals surface area (Å²) in [6.07, 6.45) is 13.8. The topological polar surface area (TPSA) is 49.3 Å². The van der Waals surface area contributed by atoms with Crippen LogP contribution in [0.25, 0.3) is 0 Å². The van der Waals surface area contributed by atoms with Gasteiger partial charge < -0.3 is 10.4 Å². The fourth-order valence-corrected chi connectivity index (χ4v) is 4.87. The summed E-state index contributed by atoms with van der Waals surface area (Å²) in [4.78, 5) is 12.6. The quantitative estimate of drug-likeness (QED) is 0.767. The highest BCUT2D eigenvalue weighted by atomic mass is 16.3. The molecule has 5 atom stereocenters. The lowest BCUT2D eigenvalue weighted by Crippen LogP contribution is -2.46. The summed E-state index contributed by atoms with van der Waals surface area (Å²) in [5, 5.41) is 13.4. The van der Waals surface area contributed by atoms with E-state index < -0.39 is 0 Å². The van der Waals surface area contributed by atoms with Crippen LogP contribution >= 0.6 is 0 Å². The highest BCUT2D eigenvalue weighted by molar-refractivity contribution is 5.79. The zero-order chi connectivity index (χ0) is 14.7. The predicted octanol–water partition coefficient (Wildman–Crippen LogP) is 3.40. The summed E-state index contributed by atoms with van der Waals surface area (Å²) < 4.78 is 0. The molecule has 1 amide bonds. The van der Waals surface area contributed by atoms with Crippen LogP contribution in [0.3, 0.4) is 0 Å². The molecule has 0 aliphatic heterocycles. The monoisotopic (exact) mass is 293 g/mol. The zero-order valence-corrected chi connectivity index (χ0v) is 13.2. The van der Waals surface area contributed by atoms with E-state index >= 15 is 0 Å². The van der Waals surface area contributed by atoms with Gasteiger partial charge in [0, 0.05) is 5.92 Å². The maximum Gasteiger partial charge on any atom is 0.223 e. The second kappa shape index (κ2) is 7.13. The molecule has 0 saturated heterocycles. The Morgan fingerprint density at radius 2 is 1.52 bits per heavy atom. The van der Waals surface area contributed by atoms with Crippen molar-refractivity contribution in [3.63, 3.8) is 0 Å². The Morgan fingerprint density at radius 3 is 2.38 bits per heavy atom. The van der Waals surface area contributed by atoms with Gasteiger partial charge in [-0.05, 0) is 43.9 Å². The van der Waals surface area contributed by atoms with E-state index in [-0.39, 0.29) is 24.0 Å². The minimum Gasteiger partial charge on any atom is -0.391 e. The van der Waals surface area contributed by atoms with Gasteiger partial charge in [-0.2, -0.15) is 0 Å². The summed E-state index contributed by atoms with van der Waals surface area (Å²) in [7, 11) is 0. The molecule has 3 fully saturated rings. The van der Waals surface area contributed by atoms with Crippen molar-refractivity contribution < 1.29 is 9.90 Å². The fourth-order valence-electron chi connectivity index (χ4n) is 4.87. The Kier molecular flexibility index (Phi) is 5.20. The first-order chi connectivity index (χ1) is 10.2. The maximum atomic E-state index is 12.6. The number of aliphatic hydroxyl groups excluding tert-OH is 1. The minimum atomic E-state index is -0.331. The van der Waals surface area contributed by atoms with E-state index in [1.807, 2.05) is 0 Å². The number of hydrogen-bond donors (Lipinski definition) is 2. The number of fused-ring (bicyclic) bond motifs is 1. The van der Waals surface area contributed by atoms with Crippen molar-refractivity contribution in [1.82, 2.24) is 5.32 Å². The van der Waals surface area contributed by atoms with Gasteiger partial charge >= 0.3 is 0 Å². The first kappa shape index (κ1) is 15.3. The van der Waals surface area contributed by atoms with Gasteiger partial charge in [-0.15, -0.1) is 0 Å². The molecule has 0 aromatic carbocycles. The van der Waals surface area contributed by atoms with E-state index in [0.29, 0.717) is 0 Å². The van der Waals surface area contributed by atoms with Crippen molar-refractivity contribution in [2.75, 3.05) is 0 Å². The van der Waals surface area contributed by atoms with Gasteiger partial charge in [0.05, 0.1) is 12.1 Å². The van der Waals surface area contributed by atoms with E-state index in [0.717, 1.165) is 50.4 Å². The van der Waals surface area contributed by atoms with Gasteiger partial charge in [0.25, 0.3) is 0 Å². The Hall–Kier alpha value is -0.570. The summed E-state index contributed by atoms with van der Waals surface area (Å²) in [5.74, 6) is 2.12. The largest absolute Gasteiger partial charge is 0.391 e. The Bertz CT molecular complexity index is 357. The molecule has 0 spiro atoms. The van der Waals surface area contributed by atoms with Gasteiger partial charge in [-0.1, -0.05) is 44.9 Å². The lowest BCUT2D eigenvalue weighted by atomic mass is 9.67. The standard InChI is InChI=1S/C18H31NO2/c20-17-9-3-1-2-8-16(17)19-18(21)15-11-10-13-6-4-5-7-14(13)12-15/h13-17,20H,1-12H2,(H,19,21). The van der Waals surface area contributed by atoms with E-state index in [4.69, 9.17) is 0 Å². The average molecular weight is 293 g/mol. The molecule has 0 radical (unpaired) electrons. The van der Waals surface area contributed by atoms with Crippen molar-refractivity contribution in [3.8, 4) is 0 Å². The summed E-state index contributed by atoms with van der Waals surface area (Å²) in [5.41, 5.74) is 0. The molecule has 5 unspecified atom stereocenters. The van der Waals surface area contributed by atoms with Crippen LogP contribution in [-0.2, 0) is 4.79 Å². The van der Waals surface area contributed by atoms with Crippen LogP contribution in [0, 0.1) is 17.8 Å². The molecule has 0 bridgehead atoms. The average Bonchev–Trinajstić information content (AvgIpc) is 2.72. The van der Waals surface area contributed by atoms with E-state index in [9.17, 15) is 9.90 Å². The molecular formula is C18H31NO2. The first-order valence-corrected chi connectivity index (χ1v) is 9.22. The number of carbonyl (C=O) groups is 1. The van der Waals surface area contributed by atoms with Crippen molar-refractivity contribution in [2.45, 2.75) is 89.2 Å².